The molecule has 0 heterocycles. The van der Waals surface area contributed by atoms with E-state index in [4.69, 9.17) is 0 Å². The topological polar surface area (TPSA) is 9.23 Å². The first-order valence-corrected chi connectivity index (χ1v) is 3.52. The summed E-state index contributed by atoms with van der Waals surface area (Å²) in [5.41, 5.74) is 0. The van der Waals surface area contributed by atoms with E-state index >= 15 is 0 Å². The van der Waals surface area contributed by atoms with Gasteiger partial charge in [-0.2, -0.15) is 13.2 Å². The first kappa shape index (κ1) is 10.3. The summed E-state index contributed by atoms with van der Waals surface area (Å²) >= 11 is 0. The summed E-state index contributed by atoms with van der Waals surface area (Å²) in [6.45, 7) is 1.99. The smallest absolute Gasteiger partial charge is 0.342 e. The fourth-order valence-electron chi connectivity index (χ4n) is 0.568. The van der Waals surface area contributed by atoms with Crippen molar-refractivity contribution in [2.45, 2.75) is 26.2 Å². The maximum Gasteiger partial charge on any atom is 0.342 e. The summed E-state index contributed by atoms with van der Waals surface area (Å²) in [4.78, 5) is 0. The monoisotopic (exact) mass is 168 g/mol. The highest BCUT2D eigenvalue weighted by atomic mass is 19.3. The van der Waals surface area contributed by atoms with Crippen LogP contribution in [0.4, 0.5) is 13.2 Å². The Morgan fingerprint density at radius 2 is 1.82 bits per heavy atom. The molecule has 0 rings (SSSR count). The molecular weight excluding hydrogens is 157 g/mol. The second kappa shape index (κ2) is 6.07. The molecule has 0 bridgehead atoms. The van der Waals surface area contributed by atoms with Gasteiger partial charge in [0.25, 0.3) is 0 Å². The molecule has 11 heavy (non-hydrogen) atoms. The van der Waals surface area contributed by atoms with E-state index in [1.165, 1.54) is 0 Å². The van der Waals surface area contributed by atoms with Crippen molar-refractivity contribution in [2.75, 3.05) is 6.61 Å². The molecule has 0 aromatic rings. The van der Waals surface area contributed by atoms with Gasteiger partial charge < -0.3 is 4.74 Å². The third-order valence-corrected chi connectivity index (χ3v) is 1.13. The molecule has 0 amide bonds. The van der Waals surface area contributed by atoms with E-state index in [2.05, 4.69) is 4.74 Å². The van der Waals surface area contributed by atoms with Gasteiger partial charge in [-0.05, 0) is 6.42 Å². The molecule has 0 fully saturated rings. The van der Waals surface area contributed by atoms with Crippen molar-refractivity contribution in [1.29, 1.82) is 0 Å². The van der Waals surface area contributed by atoms with Crippen LogP contribution < -0.4 is 0 Å². The zero-order valence-electron chi connectivity index (χ0n) is 6.37. The molecule has 0 N–H and O–H groups in total. The summed E-state index contributed by atoms with van der Waals surface area (Å²) in [6.07, 6.45) is 0.0343. The molecule has 66 valence electrons. The van der Waals surface area contributed by atoms with E-state index < -0.39 is 12.1 Å². The van der Waals surface area contributed by atoms with Crippen LogP contribution in [0.2, 0.25) is 0 Å². The molecule has 0 aliphatic rings. The number of halogens is 3. The molecule has 4 heteroatoms. The zero-order valence-corrected chi connectivity index (χ0v) is 6.37. The van der Waals surface area contributed by atoms with E-state index in [0.29, 0.717) is 6.42 Å². The highest BCUT2D eigenvalue weighted by Gasteiger charge is 2.04. The van der Waals surface area contributed by atoms with Crippen LogP contribution in [0.15, 0.2) is 12.1 Å². The number of rotatable bonds is 5. The molecule has 0 saturated heterocycles. The molecule has 0 atom stereocenters. The lowest BCUT2D eigenvalue weighted by atomic mass is 10.3. The zero-order chi connectivity index (χ0) is 8.69. The maximum atomic E-state index is 11.9. The average Bonchev–Trinajstić information content (AvgIpc) is 1.97. The van der Waals surface area contributed by atoms with Gasteiger partial charge in [0.15, 0.2) is 0 Å². The van der Waals surface area contributed by atoms with Crippen LogP contribution in [0.3, 0.4) is 0 Å². The summed E-state index contributed by atoms with van der Waals surface area (Å²) in [5.74, 6) is 0. The van der Waals surface area contributed by atoms with Crippen LogP contribution in [0.1, 0.15) is 26.2 Å². The Hall–Kier alpha value is -0.670. The third-order valence-electron chi connectivity index (χ3n) is 1.13. The highest BCUT2D eigenvalue weighted by Crippen LogP contribution is 2.10. The minimum absolute atomic E-state index is 0.0248. The highest BCUT2D eigenvalue weighted by molar-refractivity contribution is 4.80. The van der Waals surface area contributed by atoms with Gasteiger partial charge in [-0.1, -0.05) is 19.8 Å². The van der Waals surface area contributed by atoms with Crippen LogP contribution in [-0.4, -0.2) is 6.61 Å². The van der Waals surface area contributed by atoms with Gasteiger partial charge >= 0.3 is 12.1 Å². The normalized spacial score (nSPS) is 9.45. The fourth-order valence-corrected chi connectivity index (χ4v) is 0.568. The molecule has 0 aromatic heterocycles. The van der Waals surface area contributed by atoms with E-state index in [0.717, 1.165) is 12.8 Å². The molecule has 0 radical (unpaired) electrons. The van der Waals surface area contributed by atoms with Crippen molar-refractivity contribution in [2.24, 2.45) is 0 Å². The Morgan fingerprint density at radius 3 is 2.27 bits per heavy atom. The van der Waals surface area contributed by atoms with Crippen molar-refractivity contribution >= 4 is 0 Å². The van der Waals surface area contributed by atoms with E-state index in [9.17, 15) is 13.2 Å². The van der Waals surface area contributed by atoms with Crippen LogP contribution in [0.25, 0.3) is 0 Å². The quantitative estimate of drug-likeness (QED) is 0.452. The largest absolute Gasteiger partial charge is 0.467 e. The lowest BCUT2D eigenvalue weighted by molar-refractivity contribution is 0.116. The van der Waals surface area contributed by atoms with Crippen molar-refractivity contribution in [3.63, 3.8) is 0 Å². The molecule has 0 spiro atoms. The molecular formula is C7H11F3O. The number of unbranched alkanes of at least 4 members (excludes halogenated alkanes) is 2. The van der Waals surface area contributed by atoms with Crippen LogP contribution in [-0.2, 0) is 4.74 Å². The van der Waals surface area contributed by atoms with Crippen molar-refractivity contribution in [3.05, 3.63) is 12.1 Å². The van der Waals surface area contributed by atoms with Crippen LogP contribution in [0.5, 0.6) is 0 Å². The van der Waals surface area contributed by atoms with Gasteiger partial charge in [0, 0.05) is 0 Å². The molecule has 0 unspecified atom stereocenters. The van der Waals surface area contributed by atoms with Crippen LogP contribution in [0, 0.1) is 0 Å². The summed E-state index contributed by atoms with van der Waals surface area (Å²) in [5, 5.41) is 0. The van der Waals surface area contributed by atoms with Crippen LogP contribution >= 0.6 is 0 Å². The lowest BCUT2D eigenvalue weighted by Gasteiger charge is -2.00. The Balaban J connectivity index is 3.32. The van der Waals surface area contributed by atoms with E-state index in [1.807, 2.05) is 6.92 Å². The second-order valence-electron chi connectivity index (χ2n) is 2.09. The average molecular weight is 168 g/mol. The minimum Gasteiger partial charge on any atom is -0.467 e. The van der Waals surface area contributed by atoms with E-state index in [-0.39, 0.29) is 6.61 Å². The van der Waals surface area contributed by atoms with Gasteiger partial charge in [-0.25, -0.2) is 0 Å². The summed E-state index contributed by atoms with van der Waals surface area (Å²) in [7, 11) is 0. The molecule has 0 aliphatic heterocycles. The van der Waals surface area contributed by atoms with Gasteiger partial charge in [0.2, 0.25) is 0 Å². The Bertz CT molecular complexity index is 130. The Labute approximate surface area is 63.8 Å². The van der Waals surface area contributed by atoms with Crippen molar-refractivity contribution < 1.29 is 17.9 Å². The first-order valence-electron chi connectivity index (χ1n) is 3.52. The van der Waals surface area contributed by atoms with Crippen molar-refractivity contribution in [3.8, 4) is 0 Å². The lowest BCUT2D eigenvalue weighted by Crippen LogP contribution is -1.91. The van der Waals surface area contributed by atoms with Crippen molar-refractivity contribution in [1.82, 2.24) is 0 Å². The number of hydrogen-bond acceptors (Lipinski definition) is 1. The molecule has 0 aromatic carbocycles. The molecule has 0 aliphatic carbocycles. The van der Waals surface area contributed by atoms with Gasteiger partial charge in [-0.15, -0.1) is 0 Å². The van der Waals surface area contributed by atoms with E-state index in [1.54, 1.807) is 0 Å². The number of hydrogen-bond donors (Lipinski definition) is 0. The number of ether oxygens (including phenoxy) is 1. The standard InChI is InChI=1S/C7H11F3O/c1-2-3-4-5-11-7(10)6(8)9/h2-5H2,1H3. The van der Waals surface area contributed by atoms with Gasteiger partial charge in [-0.3, -0.25) is 0 Å². The van der Waals surface area contributed by atoms with Gasteiger partial charge in [0.1, 0.15) is 0 Å². The van der Waals surface area contributed by atoms with Gasteiger partial charge in [0.05, 0.1) is 6.61 Å². The SMILES string of the molecule is CCCCCOC(F)=C(F)F. The second-order valence-corrected chi connectivity index (χ2v) is 2.09. The summed E-state index contributed by atoms with van der Waals surface area (Å²) < 4.78 is 38.6. The molecule has 1 nitrogen and oxygen atoms in total. The minimum atomic E-state index is -2.39. The maximum absolute atomic E-state index is 11.9. The first-order chi connectivity index (χ1) is 5.18. The predicted octanol–water partition coefficient (Wildman–Crippen LogP) is 3.23. The Morgan fingerprint density at radius 1 is 1.18 bits per heavy atom. The third kappa shape index (κ3) is 5.76. The summed E-state index contributed by atoms with van der Waals surface area (Å²) in [6, 6.07) is -1.75. The molecule has 0 saturated carbocycles. The fraction of sp³-hybridized carbons (Fsp3) is 0.714. The predicted molar refractivity (Wildman–Crippen MR) is 35.8 cm³/mol. The Kier molecular flexibility index (Phi) is 5.70.